The summed E-state index contributed by atoms with van der Waals surface area (Å²) >= 11 is 0. The van der Waals surface area contributed by atoms with Crippen LogP contribution in [0.25, 0.3) is 5.65 Å². The molecule has 0 aliphatic heterocycles. The summed E-state index contributed by atoms with van der Waals surface area (Å²) in [7, 11) is 0. The zero-order valence-electron chi connectivity index (χ0n) is 15.8. The quantitative estimate of drug-likeness (QED) is 0.656. The van der Waals surface area contributed by atoms with Crippen molar-refractivity contribution in [1.29, 1.82) is 0 Å². The Morgan fingerprint density at radius 1 is 1.26 bits per heavy atom. The zero-order valence-corrected chi connectivity index (χ0v) is 15.8. The highest BCUT2D eigenvalue weighted by molar-refractivity contribution is 5.92. The summed E-state index contributed by atoms with van der Waals surface area (Å²) < 4.78 is 1.91. The Kier molecular flexibility index (Phi) is 5.54. The molecule has 0 spiro atoms. The van der Waals surface area contributed by atoms with E-state index in [2.05, 4.69) is 10.3 Å². The number of nitrogens with zero attached hydrogens (tertiary/aromatic N) is 3. The Morgan fingerprint density at radius 2 is 2.07 bits per heavy atom. The lowest BCUT2D eigenvalue weighted by molar-refractivity contribution is -0.125. The molecule has 3 aromatic rings. The van der Waals surface area contributed by atoms with Crippen LogP contribution < -0.4 is 10.2 Å². The predicted octanol–water partition coefficient (Wildman–Crippen LogP) is 2.95. The number of rotatable bonds is 7. The number of hydrogen-bond donors (Lipinski definition) is 1. The van der Waals surface area contributed by atoms with Gasteiger partial charge >= 0.3 is 0 Å². The van der Waals surface area contributed by atoms with Crippen LogP contribution in [0.3, 0.4) is 0 Å². The number of imidazole rings is 1. The van der Waals surface area contributed by atoms with Gasteiger partial charge in [0, 0.05) is 18.1 Å². The molecule has 140 valence electrons. The molecule has 2 aromatic heterocycles. The molecule has 0 radical (unpaired) electrons. The third-order valence-corrected chi connectivity index (χ3v) is 4.47. The summed E-state index contributed by atoms with van der Waals surface area (Å²) in [5, 5.41) is 2.93. The van der Waals surface area contributed by atoms with E-state index in [-0.39, 0.29) is 11.8 Å². The smallest absolute Gasteiger partial charge is 0.243 e. The Labute approximate surface area is 158 Å². The van der Waals surface area contributed by atoms with Gasteiger partial charge in [0.15, 0.2) is 0 Å². The van der Waals surface area contributed by atoms with Crippen molar-refractivity contribution in [2.24, 2.45) is 5.92 Å². The number of amides is 2. The Hall–Kier alpha value is -3.15. The van der Waals surface area contributed by atoms with Gasteiger partial charge in [0.2, 0.25) is 12.3 Å². The van der Waals surface area contributed by atoms with Crippen molar-refractivity contribution >= 4 is 23.7 Å². The molecule has 0 saturated heterocycles. The molecule has 2 amide bonds. The number of hydrogen-bond acceptors (Lipinski definition) is 3. The predicted molar refractivity (Wildman–Crippen MR) is 105 cm³/mol. The molecule has 6 nitrogen and oxygen atoms in total. The second kappa shape index (κ2) is 8.03. The van der Waals surface area contributed by atoms with Gasteiger partial charge in [-0.3, -0.25) is 9.59 Å². The normalized spacial score (nSPS) is 12.1. The van der Waals surface area contributed by atoms with E-state index in [0.29, 0.717) is 12.2 Å². The first-order valence-corrected chi connectivity index (χ1v) is 9.00. The van der Waals surface area contributed by atoms with Crippen LogP contribution >= 0.6 is 0 Å². The molecular formula is C21H24N4O2. The molecule has 6 heteroatoms. The second-order valence-electron chi connectivity index (χ2n) is 6.96. The van der Waals surface area contributed by atoms with Crippen LogP contribution in [0.4, 0.5) is 5.69 Å². The number of carbonyl (C=O) groups excluding carboxylic acids is 2. The first-order chi connectivity index (χ1) is 13.0. The molecule has 1 atom stereocenters. The number of fused-ring (bicyclic) bond motifs is 1. The van der Waals surface area contributed by atoms with Crippen LogP contribution in [0.2, 0.25) is 0 Å². The molecule has 27 heavy (non-hydrogen) atoms. The molecule has 0 bridgehead atoms. The van der Waals surface area contributed by atoms with E-state index >= 15 is 0 Å². The van der Waals surface area contributed by atoms with E-state index in [1.807, 2.05) is 80.0 Å². The number of carbonyl (C=O) groups is 2. The first-order valence-electron chi connectivity index (χ1n) is 9.00. The molecule has 1 N–H and O–H groups in total. The van der Waals surface area contributed by atoms with Gasteiger partial charge in [0.1, 0.15) is 11.7 Å². The van der Waals surface area contributed by atoms with Crippen molar-refractivity contribution in [3.8, 4) is 0 Å². The molecule has 3 rings (SSSR count). The van der Waals surface area contributed by atoms with Crippen molar-refractivity contribution in [1.82, 2.24) is 14.7 Å². The fraction of sp³-hybridized carbons (Fsp3) is 0.286. The zero-order chi connectivity index (χ0) is 19.4. The van der Waals surface area contributed by atoms with Gasteiger partial charge in [-0.15, -0.1) is 0 Å². The Bertz CT molecular complexity index is 915. The fourth-order valence-corrected chi connectivity index (χ4v) is 3.18. The summed E-state index contributed by atoms with van der Waals surface area (Å²) in [6.45, 7) is 6.13. The highest BCUT2D eigenvalue weighted by Gasteiger charge is 2.29. The number of nitrogens with one attached hydrogen (secondary N) is 1. The largest absolute Gasteiger partial charge is 0.349 e. The van der Waals surface area contributed by atoms with E-state index in [9.17, 15) is 9.59 Å². The lowest BCUT2D eigenvalue weighted by Crippen LogP contribution is -2.49. The molecular weight excluding hydrogens is 340 g/mol. The van der Waals surface area contributed by atoms with E-state index in [1.54, 1.807) is 0 Å². The van der Waals surface area contributed by atoms with Crippen LogP contribution in [0.15, 0.2) is 54.9 Å². The maximum absolute atomic E-state index is 12.9. The molecule has 2 heterocycles. The average molecular weight is 364 g/mol. The second-order valence-corrected chi connectivity index (χ2v) is 6.96. The van der Waals surface area contributed by atoms with Crippen LogP contribution in [0, 0.1) is 12.8 Å². The number of anilines is 1. The summed E-state index contributed by atoms with van der Waals surface area (Å²) in [6, 6.07) is 12.7. The van der Waals surface area contributed by atoms with Crippen LogP contribution in [0.1, 0.15) is 25.1 Å². The highest BCUT2D eigenvalue weighted by Crippen LogP contribution is 2.21. The van der Waals surface area contributed by atoms with Crippen molar-refractivity contribution in [2.45, 2.75) is 33.4 Å². The van der Waals surface area contributed by atoms with Gasteiger partial charge in [-0.05, 0) is 42.7 Å². The van der Waals surface area contributed by atoms with E-state index < -0.39 is 6.04 Å². The number of aryl methyl sites for hydroxylation is 1. The summed E-state index contributed by atoms with van der Waals surface area (Å²) in [5.74, 6) is -0.243. The maximum atomic E-state index is 12.9. The standard InChI is InChI=1S/C21H24N4O2/c1-15(2)20(25(14-26)18-8-6-7-16(3)11-18)21(27)22-12-17-13-24-10-5-4-9-19(24)23-17/h4-11,13-15,20H,12H2,1-3H3,(H,22,27)/t20-/m0/s1. The topological polar surface area (TPSA) is 66.7 Å². The lowest BCUT2D eigenvalue weighted by atomic mass is 10.0. The molecule has 0 aliphatic carbocycles. The number of pyridine rings is 1. The van der Waals surface area contributed by atoms with Crippen LogP contribution in [-0.4, -0.2) is 27.7 Å². The fourth-order valence-electron chi connectivity index (χ4n) is 3.18. The highest BCUT2D eigenvalue weighted by atomic mass is 16.2. The summed E-state index contributed by atoms with van der Waals surface area (Å²) in [5.41, 5.74) is 3.35. The van der Waals surface area contributed by atoms with Gasteiger partial charge in [0.05, 0.1) is 12.2 Å². The minimum absolute atomic E-state index is 0.0446. The number of benzene rings is 1. The Morgan fingerprint density at radius 3 is 2.74 bits per heavy atom. The van der Waals surface area contributed by atoms with Gasteiger partial charge in [0.25, 0.3) is 0 Å². The Balaban J connectivity index is 1.77. The average Bonchev–Trinajstić information content (AvgIpc) is 3.06. The lowest BCUT2D eigenvalue weighted by Gasteiger charge is -2.30. The first kappa shape index (κ1) is 18.6. The molecule has 0 unspecified atom stereocenters. The minimum Gasteiger partial charge on any atom is -0.349 e. The van der Waals surface area contributed by atoms with Gasteiger partial charge in [-0.2, -0.15) is 0 Å². The van der Waals surface area contributed by atoms with E-state index in [0.717, 1.165) is 23.3 Å². The van der Waals surface area contributed by atoms with Gasteiger partial charge < -0.3 is 14.6 Å². The third-order valence-electron chi connectivity index (χ3n) is 4.47. The summed E-state index contributed by atoms with van der Waals surface area (Å²) in [4.78, 5) is 30.7. The van der Waals surface area contributed by atoms with Crippen molar-refractivity contribution < 1.29 is 9.59 Å². The third kappa shape index (κ3) is 4.16. The maximum Gasteiger partial charge on any atom is 0.243 e. The molecule has 0 aliphatic rings. The van der Waals surface area contributed by atoms with Crippen LogP contribution in [-0.2, 0) is 16.1 Å². The van der Waals surface area contributed by atoms with Crippen molar-refractivity contribution in [2.75, 3.05) is 4.90 Å². The molecule has 1 aromatic carbocycles. The molecule has 0 saturated carbocycles. The van der Waals surface area contributed by atoms with Gasteiger partial charge in [-0.25, -0.2) is 4.98 Å². The van der Waals surface area contributed by atoms with Gasteiger partial charge in [-0.1, -0.05) is 32.0 Å². The van der Waals surface area contributed by atoms with Crippen LogP contribution in [0.5, 0.6) is 0 Å². The van der Waals surface area contributed by atoms with E-state index in [1.165, 1.54) is 4.90 Å². The minimum atomic E-state index is -0.596. The summed E-state index contributed by atoms with van der Waals surface area (Å²) in [6.07, 6.45) is 4.53. The van der Waals surface area contributed by atoms with E-state index in [4.69, 9.17) is 0 Å². The van der Waals surface area contributed by atoms with Crippen molar-refractivity contribution in [3.05, 3.63) is 66.1 Å². The van der Waals surface area contributed by atoms with Crippen molar-refractivity contribution in [3.63, 3.8) is 0 Å². The monoisotopic (exact) mass is 364 g/mol. The number of aromatic nitrogens is 2. The molecule has 0 fully saturated rings. The SMILES string of the molecule is Cc1cccc(N(C=O)[C@H](C(=O)NCc2cn3ccccc3n2)C(C)C)c1.